The first-order chi connectivity index (χ1) is 8.58. The average molecular weight is 244 g/mol. The van der Waals surface area contributed by atoms with Crippen molar-refractivity contribution in [3.8, 4) is 0 Å². The van der Waals surface area contributed by atoms with Crippen molar-refractivity contribution in [3.63, 3.8) is 0 Å². The third-order valence-corrected chi connectivity index (χ3v) is 2.84. The van der Waals surface area contributed by atoms with Crippen LogP contribution in [0.3, 0.4) is 0 Å². The first kappa shape index (κ1) is 12.2. The van der Waals surface area contributed by atoms with Crippen LogP contribution < -0.4 is 11.1 Å². The fourth-order valence-corrected chi connectivity index (χ4v) is 2.03. The van der Waals surface area contributed by atoms with Crippen LogP contribution in [0.15, 0.2) is 36.4 Å². The van der Waals surface area contributed by atoms with Crippen LogP contribution in [-0.2, 0) is 4.79 Å². The minimum atomic E-state index is -0.810. The molecule has 4 N–H and O–H groups in total. The first-order valence-electron chi connectivity index (χ1n) is 5.83. The van der Waals surface area contributed by atoms with E-state index in [4.69, 9.17) is 10.8 Å². The molecule has 2 aromatic carbocycles. The van der Waals surface area contributed by atoms with Gasteiger partial charge in [0.1, 0.15) is 0 Å². The van der Waals surface area contributed by atoms with Crippen LogP contribution in [0.4, 0.5) is 11.4 Å². The largest absolute Gasteiger partial charge is 0.481 e. The van der Waals surface area contributed by atoms with E-state index in [1.54, 1.807) is 0 Å². The zero-order valence-corrected chi connectivity index (χ0v) is 10.2. The molecule has 0 heterocycles. The fourth-order valence-electron chi connectivity index (χ4n) is 2.03. The average Bonchev–Trinajstić information content (AvgIpc) is 2.32. The predicted octanol–water partition coefficient (Wildman–Crippen LogP) is 2.70. The van der Waals surface area contributed by atoms with Gasteiger partial charge in [-0.2, -0.15) is 0 Å². The van der Waals surface area contributed by atoms with Crippen LogP contribution in [0.1, 0.15) is 13.3 Å². The lowest BCUT2D eigenvalue weighted by molar-refractivity contribution is -0.137. The molecule has 0 aliphatic heterocycles. The van der Waals surface area contributed by atoms with Gasteiger partial charge in [-0.25, -0.2) is 0 Å². The maximum Gasteiger partial charge on any atom is 0.305 e. The van der Waals surface area contributed by atoms with E-state index in [2.05, 4.69) is 5.32 Å². The van der Waals surface area contributed by atoms with Crippen molar-refractivity contribution < 1.29 is 9.90 Å². The summed E-state index contributed by atoms with van der Waals surface area (Å²) in [6.07, 6.45) is 0.0820. The van der Waals surface area contributed by atoms with E-state index in [1.807, 2.05) is 43.3 Å². The monoisotopic (exact) mass is 244 g/mol. The van der Waals surface area contributed by atoms with E-state index >= 15 is 0 Å². The highest BCUT2D eigenvalue weighted by molar-refractivity contribution is 6.01. The number of hydrogen-bond donors (Lipinski definition) is 3. The van der Waals surface area contributed by atoms with Crippen LogP contribution in [0.2, 0.25) is 0 Å². The van der Waals surface area contributed by atoms with Gasteiger partial charge in [-0.3, -0.25) is 4.79 Å². The third kappa shape index (κ3) is 2.53. The number of fused-ring (bicyclic) bond motifs is 1. The molecule has 0 aliphatic rings. The number of nitrogens with one attached hydrogen (secondary N) is 1. The third-order valence-electron chi connectivity index (χ3n) is 2.84. The molecule has 0 saturated carbocycles. The molecule has 0 amide bonds. The van der Waals surface area contributed by atoms with Crippen LogP contribution in [0.25, 0.3) is 10.8 Å². The summed E-state index contributed by atoms with van der Waals surface area (Å²) >= 11 is 0. The van der Waals surface area contributed by atoms with Crippen LogP contribution in [0.5, 0.6) is 0 Å². The van der Waals surface area contributed by atoms with Crippen LogP contribution >= 0.6 is 0 Å². The number of carboxylic acid groups (broad SMARTS) is 1. The highest BCUT2D eigenvalue weighted by Gasteiger charge is 2.09. The Morgan fingerprint density at radius 3 is 2.61 bits per heavy atom. The van der Waals surface area contributed by atoms with E-state index in [9.17, 15) is 4.79 Å². The quantitative estimate of drug-likeness (QED) is 0.723. The van der Waals surface area contributed by atoms with Crippen molar-refractivity contribution in [2.24, 2.45) is 0 Å². The van der Waals surface area contributed by atoms with Crippen molar-refractivity contribution in [3.05, 3.63) is 36.4 Å². The molecular weight excluding hydrogens is 228 g/mol. The lowest BCUT2D eigenvalue weighted by Crippen LogP contribution is -2.19. The van der Waals surface area contributed by atoms with Crippen molar-refractivity contribution in [2.75, 3.05) is 11.1 Å². The smallest absolute Gasteiger partial charge is 0.305 e. The highest BCUT2D eigenvalue weighted by Crippen LogP contribution is 2.28. The summed E-state index contributed by atoms with van der Waals surface area (Å²) in [5, 5.41) is 14.0. The molecule has 0 spiro atoms. The second-order valence-corrected chi connectivity index (χ2v) is 4.39. The zero-order valence-electron chi connectivity index (χ0n) is 10.2. The molecule has 1 unspecified atom stereocenters. The molecule has 0 bridgehead atoms. The van der Waals surface area contributed by atoms with Crippen molar-refractivity contribution in [1.82, 2.24) is 0 Å². The Morgan fingerprint density at radius 2 is 1.94 bits per heavy atom. The lowest BCUT2D eigenvalue weighted by atomic mass is 10.1. The number of nitrogen functional groups attached to an aromatic ring is 1. The fraction of sp³-hybridized carbons (Fsp3) is 0.214. The molecule has 0 aromatic heterocycles. The standard InChI is InChI=1S/C14H16N2O2/c1-9(8-14(17)18)16-13-7-6-12(15)10-4-2-3-5-11(10)13/h2-7,9,16H,8,15H2,1H3,(H,17,18). The van der Waals surface area contributed by atoms with Gasteiger partial charge in [-0.15, -0.1) is 0 Å². The SMILES string of the molecule is CC(CC(=O)O)Nc1ccc(N)c2ccccc12. The number of hydrogen-bond acceptors (Lipinski definition) is 3. The number of nitrogens with two attached hydrogens (primary N) is 1. The van der Waals surface area contributed by atoms with E-state index in [0.717, 1.165) is 22.1 Å². The Morgan fingerprint density at radius 1 is 1.28 bits per heavy atom. The number of benzene rings is 2. The van der Waals surface area contributed by atoms with Gasteiger partial charge in [-0.05, 0) is 19.1 Å². The van der Waals surface area contributed by atoms with Gasteiger partial charge in [-0.1, -0.05) is 24.3 Å². The minimum Gasteiger partial charge on any atom is -0.481 e. The Bertz CT molecular complexity index is 581. The Kier molecular flexibility index (Phi) is 3.37. The number of rotatable bonds is 4. The minimum absolute atomic E-state index is 0.0820. The molecule has 4 heteroatoms. The summed E-state index contributed by atoms with van der Waals surface area (Å²) in [6, 6.07) is 11.4. The maximum atomic E-state index is 10.7. The van der Waals surface area contributed by atoms with Gasteiger partial charge in [0, 0.05) is 28.2 Å². The molecule has 0 fully saturated rings. The Hall–Kier alpha value is -2.23. The summed E-state index contributed by atoms with van der Waals surface area (Å²) in [5.74, 6) is -0.810. The van der Waals surface area contributed by atoms with Gasteiger partial charge in [0.15, 0.2) is 0 Å². The van der Waals surface area contributed by atoms with Gasteiger partial charge in [0.05, 0.1) is 6.42 Å². The Labute approximate surface area is 105 Å². The summed E-state index contributed by atoms with van der Waals surface area (Å²) < 4.78 is 0. The van der Waals surface area contributed by atoms with Gasteiger partial charge in [0.25, 0.3) is 0 Å². The van der Waals surface area contributed by atoms with Crippen LogP contribution in [0, 0.1) is 0 Å². The number of carbonyl (C=O) groups is 1. The summed E-state index contributed by atoms with van der Waals surface area (Å²) in [4.78, 5) is 10.7. The van der Waals surface area contributed by atoms with Gasteiger partial charge < -0.3 is 16.2 Å². The molecule has 1 atom stereocenters. The molecule has 4 nitrogen and oxygen atoms in total. The highest BCUT2D eigenvalue weighted by atomic mass is 16.4. The lowest BCUT2D eigenvalue weighted by Gasteiger charge is -2.16. The Balaban J connectivity index is 2.34. The molecular formula is C14H16N2O2. The number of carboxylic acids is 1. The molecule has 18 heavy (non-hydrogen) atoms. The molecule has 2 rings (SSSR count). The normalized spacial score (nSPS) is 12.3. The predicted molar refractivity (Wildman–Crippen MR) is 73.7 cm³/mol. The number of anilines is 2. The summed E-state index contributed by atoms with van der Waals surface area (Å²) in [5.41, 5.74) is 7.55. The van der Waals surface area contributed by atoms with Gasteiger partial charge in [0.2, 0.25) is 0 Å². The second kappa shape index (κ2) is 4.96. The molecule has 94 valence electrons. The van der Waals surface area contributed by atoms with E-state index < -0.39 is 5.97 Å². The molecule has 0 aliphatic carbocycles. The van der Waals surface area contributed by atoms with Crippen molar-refractivity contribution >= 4 is 28.1 Å². The summed E-state index contributed by atoms with van der Waals surface area (Å²) in [6.45, 7) is 1.85. The topological polar surface area (TPSA) is 75.3 Å². The maximum absolute atomic E-state index is 10.7. The second-order valence-electron chi connectivity index (χ2n) is 4.39. The van der Waals surface area contributed by atoms with Crippen molar-refractivity contribution in [2.45, 2.75) is 19.4 Å². The number of aliphatic carboxylic acids is 1. The first-order valence-corrected chi connectivity index (χ1v) is 5.83. The van der Waals surface area contributed by atoms with E-state index in [0.29, 0.717) is 0 Å². The molecule has 0 saturated heterocycles. The zero-order chi connectivity index (χ0) is 13.1. The molecule has 2 aromatic rings. The van der Waals surface area contributed by atoms with Gasteiger partial charge >= 0.3 is 5.97 Å². The van der Waals surface area contributed by atoms with E-state index in [1.165, 1.54) is 0 Å². The summed E-state index contributed by atoms with van der Waals surface area (Å²) in [7, 11) is 0. The molecule has 0 radical (unpaired) electrons. The van der Waals surface area contributed by atoms with Crippen LogP contribution in [-0.4, -0.2) is 17.1 Å². The van der Waals surface area contributed by atoms with E-state index in [-0.39, 0.29) is 12.5 Å². The van der Waals surface area contributed by atoms with Crippen molar-refractivity contribution in [1.29, 1.82) is 0 Å².